The summed E-state index contributed by atoms with van der Waals surface area (Å²) >= 11 is 0. The van der Waals surface area contributed by atoms with Crippen molar-refractivity contribution in [3.63, 3.8) is 0 Å². The van der Waals surface area contributed by atoms with Crippen LogP contribution in [0.4, 0.5) is 4.79 Å². The molecule has 12 nitrogen and oxygen atoms in total. The third-order valence-electron chi connectivity index (χ3n) is 6.91. The average Bonchev–Trinajstić information content (AvgIpc) is 3.61. The highest BCUT2D eigenvalue weighted by Gasteiger charge is 2.41. The van der Waals surface area contributed by atoms with Crippen molar-refractivity contribution in [2.45, 2.75) is 94.7 Å². The fourth-order valence-corrected chi connectivity index (χ4v) is 6.18. The summed E-state index contributed by atoms with van der Waals surface area (Å²) in [6.07, 6.45) is 1.79. The first-order chi connectivity index (χ1) is 18.8. The summed E-state index contributed by atoms with van der Waals surface area (Å²) in [6, 6.07) is 4.09. The highest BCUT2D eigenvalue weighted by atomic mass is 32.2. The first kappa shape index (κ1) is 29.6. The lowest BCUT2D eigenvalue weighted by Crippen LogP contribution is -2.57. The molecule has 2 fully saturated rings. The van der Waals surface area contributed by atoms with Crippen LogP contribution in [0, 0.1) is 0 Å². The van der Waals surface area contributed by atoms with E-state index in [0.717, 1.165) is 5.56 Å². The molecule has 4 rings (SSSR count). The zero-order chi connectivity index (χ0) is 29.1. The molecule has 3 atom stereocenters. The molecule has 1 aliphatic carbocycles. The number of amides is 4. The molecular weight excluding hydrogens is 540 g/mol. The molecule has 2 aliphatic heterocycles. The Labute approximate surface area is 234 Å². The van der Waals surface area contributed by atoms with Gasteiger partial charge in [-0.1, -0.05) is 12.1 Å². The fourth-order valence-electron chi connectivity index (χ4n) is 4.84. The monoisotopic (exact) mass is 578 g/mol. The van der Waals surface area contributed by atoms with Crippen molar-refractivity contribution >= 4 is 33.8 Å². The maximum Gasteiger partial charge on any atom is 0.408 e. The van der Waals surface area contributed by atoms with Gasteiger partial charge in [0.15, 0.2) is 0 Å². The molecule has 3 N–H and O–H groups in total. The van der Waals surface area contributed by atoms with Gasteiger partial charge < -0.3 is 25.0 Å². The Hall–Kier alpha value is -3.35. The summed E-state index contributed by atoms with van der Waals surface area (Å²) in [7, 11) is -3.81. The van der Waals surface area contributed by atoms with E-state index in [2.05, 4.69) is 15.4 Å². The number of fused-ring (bicyclic) bond motifs is 3. The van der Waals surface area contributed by atoms with Crippen LogP contribution < -0.4 is 20.1 Å². The second kappa shape index (κ2) is 12.0. The summed E-state index contributed by atoms with van der Waals surface area (Å²) in [5.41, 5.74) is -0.0382. The van der Waals surface area contributed by atoms with Crippen molar-refractivity contribution in [3.8, 4) is 5.75 Å². The minimum atomic E-state index is -3.81. The van der Waals surface area contributed by atoms with Gasteiger partial charge in [0, 0.05) is 13.0 Å². The molecule has 0 aromatic heterocycles. The molecule has 40 heavy (non-hydrogen) atoms. The first-order valence-corrected chi connectivity index (χ1v) is 15.2. The van der Waals surface area contributed by atoms with Gasteiger partial charge in [0.25, 0.3) is 5.91 Å². The Bertz CT molecular complexity index is 1240. The molecule has 1 saturated heterocycles. The molecule has 1 aromatic rings. The van der Waals surface area contributed by atoms with Crippen molar-refractivity contribution in [2.24, 2.45) is 0 Å². The number of sulfonamides is 1. The molecule has 0 spiro atoms. The SMILES string of the molecule is CC(C)(C)OC(=O)N[C@H]1Cc2cccc(c2)OCCC[C@H](C(=O)NS(=O)(=O)C2CC2)NC(=O)[C@@H]2CCCN2C1=O. The van der Waals surface area contributed by atoms with Gasteiger partial charge in [0.05, 0.1) is 11.9 Å². The Morgan fingerprint density at radius 2 is 1.85 bits per heavy atom. The Kier molecular flexibility index (Phi) is 8.91. The van der Waals surface area contributed by atoms with E-state index in [1.807, 2.05) is 6.07 Å². The predicted molar refractivity (Wildman–Crippen MR) is 145 cm³/mol. The number of hydrogen-bond acceptors (Lipinski definition) is 8. The van der Waals surface area contributed by atoms with Crippen LogP contribution in [0.2, 0.25) is 0 Å². The van der Waals surface area contributed by atoms with Crippen LogP contribution >= 0.6 is 0 Å². The molecule has 1 aromatic carbocycles. The number of rotatable bonds is 4. The number of nitrogens with one attached hydrogen (secondary N) is 3. The van der Waals surface area contributed by atoms with E-state index in [0.29, 0.717) is 44.4 Å². The first-order valence-electron chi connectivity index (χ1n) is 13.7. The van der Waals surface area contributed by atoms with Crippen molar-refractivity contribution in [1.29, 1.82) is 0 Å². The molecule has 0 unspecified atom stereocenters. The van der Waals surface area contributed by atoms with Gasteiger partial charge in [-0.2, -0.15) is 0 Å². The lowest BCUT2D eigenvalue weighted by Gasteiger charge is -2.30. The van der Waals surface area contributed by atoms with E-state index in [4.69, 9.17) is 9.47 Å². The van der Waals surface area contributed by atoms with Gasteiger partial charge in [0.1, 0.15) is 29.5 Å². The highest BCUT2D eigenvalue weighted by Crippen LogP contribution is 2.27. The highest BCUT2D eigenvalue weighted by molar-refractivity contribution is 7.90. The lowest BCUT2D eigenvalue weighted by atomic mass is 10.0. The van der Waals surface area contributed by atoms with E-state index in [9.17, 15) is 27.6 Å². The van der Waals surface area contributed by atoms with Crippen molar-refractivity contribution < 1.29 is 37.1 Å². The molecule has 220 valence electrons. The van der Waals surface area contributed by atoms with Crippen LogP contribution in [0.25, 0.3) is 0 Å². The molecule has 1 saturated carbocycles. The summed E-state index contributed by atoms with van der Waals surface area (Å²) < 4.78 is 38.1. The van der Waals surface area contributed by atoms with Gasteiger partial charge in [-0.3, -0.25) is 19.1 Å². The second-order valence-electron chi connectivity index (χ2n) is 11.5. The standard InChI is InChI=1S/C27H38N4O8S/c1-27(2,3)39-26(35)29-21-16-17-7-4-8-18(15-17)38-14-6-9-20(23(32)30-40(36,37)19-11-12-19)28-24(33)22-10-5-13-31(22)25(21)34/h4,7-8,15,19-22H,5-6,9-14,16H2,1-3H3,(H,28,33)(H,29,35)(H,30,32)/t20-,21+,22+/m1/s1. The van der Waals surface area contributed by atoms with Crippen molar-refractivity contribution in [1.82, 2.24) is 20.3 Å². The smallest absolute Gasteiger partial charge is 0.408 e. The fraction of sp³-hybridized carbons (Fsp3) is 0.630. The summed E-state index contributed by atoms with van der Waals surface area (Å²) in [4.78, 5) is 54.2. The Morgan fingerprint density at radius 3 is 2.55 bits per heavy atom. The third kappa shape index (κ3) is 7.86. The lowest BCUT2D eigenvalue weighted by molar-refractivity contribution is -0.140. The molecule has 3 aliphatic rings. The minimum absolute atomic E-state index is 0.140. The van der Waals surface area contributed by atoms with Gasteiger partial charge in [-0.05, 0) is 77.0 Å². The summed E-state index contributed by atoms with van der Waals surface area (Å²) in [6.45, 7) is 5.66. The second-order valence-corrected chi connectivity index (χ2v) is 13.5. The van der Waals surface area contributed by atoms with Crippen LogP contribution in [0.5, 0.6) is 5.75 Å². The van der Waals surface area contributed by atoms with Gasteiger partial charge in [0.2, 0.25) is 21.8 Å². The van der Waals surface area contributed by atoms with Gasteiger partial charge in [-0.15, -0.1) is 0 Å². The van der Waals surface area contributed by atoms with Gasteiger partial charge in [-0.25, -0.2) is 13.2 Å². The van der Waals surface area contributed by atoms with E-state index in [-0.39, 0.29) is 19.4 Å². The van der Waals surface area contributed by atoms with Crippen LogP contribution in [0.1, 0.15) is 64.9 Å². The molecule has 0 radical (unpaired) electrons. The normalized spacial score (nSPS) is 24.5. The topological polar surface area (TPSA) is 160 Å². The Balaban J connectivity index is 1.60. The van der Waals surface area contributed by atoms with Crippen molar-refractivity contribution in [3.05, 3.63) is 29.8 Å². The van der Waals surface area contributed by atoms with E-state index >= 15 is 0 Å². The van der Waals surface area contributed by atoms with E-state index in [1.54, 1.807) is 39.0 Å². The van der Waals surface area contributed by atoms with E-state index in [1.165, 1.54) is 4.90 Å². The van der Waals surface area contributed by atoms with Crippen LogP contribution in [0.3, 0.4) is 0 Å². The van der Waals surface area contributed by atoms with Gasteiger partial charge >= 0.3 is 6.09 Å². The van der Waals surface area contributed by atoms with E-state index < -0.39 is 62.8 Å². The van der Waals surface area contributed by atoms with Crippen LogP contribution in [-0.4, -0.2) is 79.3 Å². The largest absolute Gasteiger partial charge is 0.494 e. The maximum atomic E-state index is 13.8. The number of carbonyl (C=O) groups excluding carboxylic acids is 4. The quantitative estimate of drug-likeness (QED) is 0.483. The molecule has 13 heteroatoms. The van der Waals surface area contributed by atoms with Crippen molar-refractivity contribution in [2.75, 3.05) is 13.2 Å². The maximum absolute atomic E-state index is 13.8. The average molecular weight is 579 g/mol. The zero-order valence-electron chi connectivity index (χ0n) is 23.1. The van der Waals surface area contributed by atoms with Crippen LogP contribution in [0.15, 0.2) is 24.3 Å². The number of hydrogen-bond donors (Lipinski definition) is 3. The molecule has 4 amide bonds. The Morgan fingerprint density at radius 1 is 1.10 bits per heavy atom. The zero-order valence-corrected chi connectivity index (χ0v) is 23.9. The summed E-state index contributed by atoms with van der Waals surface area (Å²) in [5, 5.41) is 4.75. The van der Waals surface area contributed by atoms with Crippen LogP contribution in [-0.2, 0) is 35.6 Å². The predicted octanol–water partition coefficient (Wildman–Crippen LogP) is 1.38. The molecule has 2 bridgehead atoms. The number of ether oxygens (including phenoxy) is 2. The molecule has 2 heterocycles. The third-order valence-corrected chi connectivity index (χ3v) is 8.75. The number of carbonyl (C=O) groups is 4. The minimum Gasteiger partial charge on any atom is -0.494 e. The number of nitrogens with zero attached hydrogens (tertiary/aromatic N) is 1. The number of alkyl carbamates (subject to hydrolysis) is 1. The number of benzene rings is 1. The summed E-state index contributed by atoms with van der Waals surface area (Å²) in [5.74, 6) is -1.28. The molecular formula is C27H38N4O8S.